The van der Waals surface area contributed by atoms with E-state index in [4.69, 9.17) is 15.9 Å². The van der Waals surface area contributed by atoms with E-state index >= 15 is 0 Å². The number of phenolic OH excluding ortho intramolecular Hbond substituents is 1. The third kappa shape index (κ3) is 5.41. The number of halogens is 2. The average Bonchev–Trinajstić information content (AvgIpc) is 2.53. The van der Waals surface area contributed by atoms with E-state index in [1.54, 1.807) is 31.6 Å². The summed E-state index contributed by atoms with van der Waals surface area (Å²) in [5.74, 6) is 0.537. The summed E-state index contributed by atoms with van der Waals surface area (Å²) in [4.78, 5) is 5.61. The number of benzene rings is 1. The van der Waals surface area contributed by atoms with Crippen LogP contribution in [0.25, 0.3) is 0 Å². The summed E-state index contributed by atoms with van der Waals surface area (Å²) in [6.07, 6.45) is 3.39. The quantitative estimate of drug-likeness (QED) is 0.535. The molecular weight excluding hydrogens is 375 g/mol. The predicted octanol–water partition coefficient (Wildman–Crippen LogP) is 3.84. The lowest BCUT2D eigenvalue weighted by Gasteiger charge is -2.28. The Morgan fingerprint density at radius 1 is 1.31 bits per heavy atom. The highest BCUT2D eigenvalue weighted by Gasteiger charge is 2.25. The number of rotatable bonds is 4. The summed E-state index contributed by atoms with van der Waals surface area (Å²) in [5, 5.41) is 18.7. The maximum atomic E-state index is 10.8. The van der Waals surface area contributed by atoms with E-state index in [-0.39, 0.29) is 41.9 Å². The number of phenols is 1. The van der Waals surface area contributed by atoms with E-state index in [0.29, 0.717) is 18.0 Å². The molecule has 6 nitrogen and oxygen atoms in total. The molecule has 0 amide bonds. The number of hydrogen-bond donors (Lipinski definition) is 3. The monoisotopic (exact) mass is 400 g/mol. The Labute approximate surface area is 166 Å². The van der Waals surface area contributed by atoms with Gasteiger partial charge in [-0.3, -0.25) is 10.4 Å². The standard InChI is InChI=1S/C18H24N4O2.2ClH/c1-18(2,3)14-8-13(24-4)9-15(16(14)23)22(17(19)20)11-12-6-5-7-21-10-12;;/h5-10,23H,11H2,1-4H3,(H3,19,20);2*1H. The fourth-order valence-corrected chi connectivity index (χ4v) is 2.46. The molecule has 1 aromatic carbocycles. The minimum atomic E-state index is -0.288. The van der Waals surface area contributed by atoms with Gasteiger partial charge in [0.15, 0.2) is 5.96 Å². The molecule has 0 atom stereocenters. The molecule has 1 heterocycles. The molecule has 0 bridgehead atoms. The van der Waals surface area contributed by atoms with E-state index < -0.39 is 0 Å². The molecule has 0 saturated carbocycles. The van der Waals surface area contributed by atoms with Gasteiger partial charge in [-0.05, 0) is 23.1 Å². The summed E-state index contributed by atoms with van der Waals surface area (Å²) < 4.78 is 5.36. The van der Waals surface area contributed by atoms with Crippen molar-refractivity contribution in [1.82, 2.24) is 4.98 Å². The van der Waals surface area contributed by atoms with Crippen LogP contribution in [-0.4, -0.2) is 23.2 Å². The number of aromatic nitrogens is 1. The van der Waals surface area contributed by atoms with Crippen molar-refractivity contribution >= 4 is 36.5 Å². The molecule has 0 aliphatic heterocycles. The van der Waals surface area contributed by atoms with Crippen LogP contribution in [0.2, 0.25) is 0 Å². The molecule has 144 valence electrons. The van der Waals surface area contributed by atoms with Crippen molar-refractivity contribution < 1.29 is 9.84 Å². The third-order valence-electron chi connectivity index (χ3n) is 3.75. The second-order valence-electron chi connectivity index (χ2n) is 6.63. The first-order valence-corrected chi connectivity index (χ1v) is 7.66. The number of aromatic hydroxyl groups is 1. The molecule has 26 heavy (non-hydrogen) atoms. The number of nitrogens with two attached hydrogens (primary N) is 1. The first-order valence-electron chi connectivity index (χ1n) is 7.66. The van der Waals surface area contributed by atoms with Crippen LogP contribution in [0.3, 0.4) is 0 Å². The highest BCUT2D eigenvalue weighted by molar-refractivity contribution is 5.94. The van der Waals surface area contributed by atoms with Crippen molar-refractivity contribution in [2.45, 2.75) is 32.7 Å². The number of ether oxygens (including phenoxy) is 1. The Morgan fingerprint density at radius 3 is 2.42 bits per heavy atom. The van der Waals surface area contributed by atoms with Crippen LogP contribution in [0.15, 0.2) is 36.7 Å². The van der Waals surface area contributed by atoms with Crippen molar-refractivity contribution in [3.8, 4) is 11.5 Å². The van der Waals surface area contributed by atoms with Gasteiger partial charge < -0.3 is 20.5 Å². The Balaban J connectivity index is 0.00000312. The number of pyridine rings is 1. The number of methoxy groups -OCH3 is 1. The lowest BCUT2D eigenvalue weighted by molar-refractivity contribution is 0.406. The molecular formula is C18H26Cl2N4O2. The lowest BCUT2D eigenvalue weighted by Crippen LogP contribution is -2.36. The van der Waals surface area contributed by atoms with E-state index in [1.807, 2.05) is 32.9 Å². The van der Waals surface area contributed by atoms with Crippen molar-refractivity contribution in [3.63, 3.8) is 0 Å². The SMILES string of the molecule is COc1cc(N(Cc2cccnc2)C(=N)N)c(O)c(C(C)(C)C)c1.Cl.Cl. The van der Waals surface area contributed by atoms with E-state index in [2.05, 4.69) is 4.98 Å². The zero-order valence-corrected chi connectivity index (χ0v) is 16.9. The molecule has 4 N–H and O–H groups in total. The number of guanidine groups is 1. The van der Waals surface area contributed by atoms with Gasteiger partial charge in [0, 0.05) is 24.0 Å². The molecule has 0 fully saturated rings. The summed E-state index contributed by atoms with van der Waals surface area (Å²) in [5.41, 5.74) is 7.54. The molecule has 8 heteroatoms. The zero-order valence-electron chi connectivity index (χ0n) is 15.3. The highest BCUT2D eigenvalue weighted by Crippen LogP contribution is 2.41. The van der Waals surface area contributed by atoms with E-state index in [9.17, 15) is 5.11 Å². The molecule has 2 rings (SSSR count). The minimum absolute atomic E-state index is 0. The van der Waals surface area contributed by atoms with Gasteiger partial charge >= 0.3 is 0 Å². The van der Waals surface area contributed by atoms with Crippen LogP contribution in [0, 0.1) is 5.41 Å². The van der Waals surface area contributed by atoms with Gasteiger partial charge in [0.2, 0.25) is 0 Å². The lowest BCUT2D eigenvalue weighted by atomic mass is 9.85. The van der Waals surface area contributed by atoms with Crippen molar-refractivity contribution in [2.24, 2.45) is 5.73 Å². The molecule has 0 spiro atoms. The second kappa shape index (κ2) is 9.50. The van der Waals surface area contributed by atoms with Crippen LogP contribution in [0.1, 0.15) is 31.9 Å². The molecule has 0 radical (unpaired) electrons. The largest absolute Gasteiger partial charge is 0.505 e. The summed E-state index contributed by atoms with van der Waals surface area (Å²) >= 11 is 0. The van der Waals surface area contributed by atoms with Crippen LogP contribution < -0.4 is 15.4 Å². The summed E-state index contributed by atoms with van der Waals surface area (Å²) in [6.45, 7) is 6.34. The molecule has 1 aromatic heterocycles. The van der Waals surface area contributed by atoms with Gasteiger partial charge in [-0.2, -0.15) is 0 Å². The van der Waals surface area contributed by atoms with Crippen LogP contribution in [0.5, 0.6) is 11.5 Å². The van der Waals surface area contributed by atoms with Crippen molar-refractivity contribution in [3.05, 3.63) is 47.8 Å². The fourth-order valence-electron chi connectivity index (χ4n) is 2.46. The van der Waals surface area contributed by atoms with Gasteiger partial charge in [0.25, 0.3) is 0 Å². The molecule has 2 aromatic rings. The Morgan fingerprint density at radius 2 is 1.96 bits per heavy atom. The molecule has 0 saturated heterocycles. The van der Waals surface area contributed by atoms with Gasteiger partial charge in [-0.1, -0.05) is 26.8 Å². The van der Waals surface area contributed by atoms with Gasteiger partial charge in [0.05, 0.1) is 19.3 Å². The maximum absolute atomic E-state index is 10.8. The van der Waals surface area contributed by atoms with Gasteiger partial charge in [0.1, 0.15) is 11.5 Å². The molecule has 0 aliphatic carbocycles. The number of anilines is 1. The van der Waals surface area contributed by atoms with Crippen LogP contribution in [-0.2, 0) is 12.0 Å². The topological polar surface area (TPSA) is 95.5 Å². The minimum Gasteiger partial charge on any atom is -0.505 e. The first-order chi connectivity index (χ1) is 11.2. The molecule has 0 unspecified atom stereocenters. The van der Waals surface area contributed by atoms with Gasteiger partial charge in [-0.25, -0.2) is 0 Å². The number of nitrogens with zero attached hydrogens (tertiary/aromatic N) is 2. The highest BCUT2D eigenvalue weighted by atomic mass is 35.5. The Kier molecular flexibility index (Phi) is 8.70. The summed E-state index contributed by atoms with van der Waals surface area (Å²) in [6, 6.07) is 7.20. The number of hydrogen-bond acceptors (Lipinski definition) is 4. The Bertz CT molecular complexity index is 734. The predicted molar refractivity (Wildman–Crippen MR) is 110 cm³/mol. The summed E-state index contributed by atoms with van der Waals surface area (Å²) in [7, 11) is 1.57. The smallest absolute Gasteiger partial charge is 0.193 e. The first kappa shape index (κ1) is 23.8. The van der Waals surface area contributed by atoms with Crippen LogP contribution >= 0.6 is 24.8 Å². The van der Waals surface area contributed by atoms with Crippen molar-refractivity contribution in [1.29, 1.82) is 5.41 Å². The fraction of sp³-hybridized carbons (Fsp3) is 0.333. The molecule has 0 aliphatic rings. The number of nitrogens with one attached hydrogen (secondary N) is 1. The third-order valence-corrected chi connectivity index (χ3v) is 3.75. The maximum Gasteiger partial charge on any atom is 0.193 e. The Hall–Kier alpha value is -2.18. The van der Waals surface area contributed by atoms with Gasteiger partial charge in [-0.15, -0.1) is 24.8 Å². The van der Waals surface area contributed by atoms with E-state index in [1.165, 1.54) is 4.90 Å². The normalized spacial score (nSPS) is 10.3. The second-order valence-corrected chi connectivity index (χ2v) is 6.63. The average molecular weight is 401 g/mol. The van der Waals surface area contributed by atoms with Crippen LogP contribution in [0.4, 0.5) is 5.69 Å². The van der Waals surface area contributed by atoms with Crippen molar-refractivity contribution in [2.75, 3.05) is 12.0 Å². The van der Waals surface area contributed by atoms with E-state index in [0.717, 1.165) is 11.1 Å². The zero-order chi connectivity index (χ0) is 17.9.